The Hall–Kier alpha value is -2.66. The number of phenols is 1. The smallest absolute Gasteiger partial charge is 0.172 e. The molecule has 1 saturated heterocycles. The number of phenolic OH excluding ortho intramolecular Hbond substituents is 1. The molecule has 1 aliphatic rings. The van der Waals surface area contributed by atoms with Crippen LogP contribution in [0.2, 0.25) is 0 Å². The Morgan fingerprint density at radius 1 is 0.889 bits per heavy atom. The fraction of sp³-hybridized carbons (Fsp3) is 0.182. The molecule has 3 aromatic rings. The van der Waals surface area contributed by atoms with Crippen LogP contribution in [-0.2, 0) is 0 Å². The van der Waals surface area contributed by atoms with Crippen LogP contribution in [0.3, 0.4) is 0 Å². The molecule has 27 heavy (non-hydrogen) atoms. The van der Waals surface area contributed by atoms with Crippen molar-refractivity contribution in [1.29, 1.82) is 0 Å². The van der Waals surface area contributed by atoms with Crippen molar-refractivity contribution in [3.63, 3.8) is 0 Å². The molecule has 0 unspecified atom stereocenters. The normalized spacial score (nSPS) is 14.6. The number of hydrogen-bond acceptors (Lipinski definition) is 4. The fourth-order valence-electron chi connectivity index (χ4n) is 3.67. The van der Waals surface area contributed by atoms with Crippen LogP contribution in [0.5, 0.6) is 11.5 Å². The lowest BCUT2D eigenvalue weighted by molar-refractivity contribution is 0.371. The van der Waals surface area contributed by atoms with Gasteiger partial charge in [-0.1, -0.05) is 36.4 Å². The Balaban J connectivity index is 1.83. The van der Waals surface area contributed by atoms with Crippen LogP contribution in [0, 0.1) is 0 Å². The lowest BCUT2D eigenvalue weighted by Crippen LogP contribution is -2.31. The first-order valence-corrected chi connectivity index (χ1v) is 9.68. The maximum absolute atomic E-state index is 10.2. The number of ether oxygens (including phenoxy) is 1. The van der Waals surface area contributed by atoms with E-state index in [-0.39, 0.29) is 11.9 Å². The molecule has 5 heteroatoms. The molecule has 3 aromatic carbocycles. The molecule has 0 bridgehead atoms. The third kappa shape index (κ3) is 3.35. The summed E-state index contributed by atoms with van der Waals surface area (Å²) in [7, 11) is 1.57. The zero-order chi connectivity index (χ0) is 18.8. The van der Waals surface area contributed by atoms with Gasteiger partial charge in [0.05, 0.1) is 11.6 Å². The predicted molar refractivity (Wildman–Crippen MR) is 113 cm³/mol. The van der Waals surface area contributed by atoms with Gasteiger partial charge in [0, 0.05) is 24.5 Å². The highest BCUT2D eigenvalue weighted by atomic mass is 79.9. The summed E-state index contributed by atoms with van der Waals surface area (Å²) in [4.78, 5) is 4.76. The van der Waals surface area contributed by atoms with Gasteiger partial charge in [-0.15, -0.1) is 0 Å². The van der Waals surface area contributed by atoms with E-state index in [4.69, 9.17) is 4.74 Å². The largest absolute Gasteiger partial charge is 0.503 e. The summed E-state index contributed by atoms with van der Waals surface area (Å²) >= 11 is 3.47. The minimum absolute atomic E-state index is 0.000556. The molecule has 138 valence electrons. The van der Waals surface area contributed by atoms with Crippen molar-refractivity contribution in [2.24, 2.45) is 0 Å². The zero-order valence-electron chi connectivity index (χ0n) is 15.0. The molecule has 1 N–H and O–H groups in total. The number of anilines is 2. The van der Waals surface area contributed by atoms with E-state index in [1.165, 1.54) is 11.4 Å². The standard InChI is InChI=1S/C22H21BrN2O2/c1-27-20-15-16(14-19(23)21(20)26)22-24(17-8-4-2-5-9-17)12-13-25(22)18-10-6-3-7-11-18/h2-11,14-15,22,26H,12-13H2,1H3. The molecule has 0 amide bonds. The van der Waals surface area contributed by atoms with Gasteiger partial charge in [-0.3, -0.25) is 0 Å². The number of methoxy groups -OCH3 is 1. The van der Waals surface area contributed by atoms with E-state index in [9.17, 15) is 5.11 Å². The van der Waals surface area contributed by atoms with Crippen molar-refractivity contribution in [2.45, 2.75) is 6.17 Å². The van der Waals surface area contributed by atoms with E-state index >= 15 is 0 Å². The van der Waals surface area contributed by atoms with Crippen LogP contribution >= 0.6 is 15.9 Å². The molecule has 0 atom stereocenters. The SMILES string of the molecule is COc1cc(C2N(c3ccccc3)CCN2c2ccccc2)cc(Br)c1O. The number of hydrogen-bond donors (Lipinski definition) is 1. The first-order chi connectivity index (χ1) is 13.2. The Labute approximate surface area is 167 Å². The molecule has 1 heterocycles. The van der Waals surface area contributed by atoms with Crippen LogP contribution in [-0.4, -0.2) is 25.3 Å². The van der Waals surface area contributed by atoms with Crippen molar-refractivity contribution >= 4 is 27.3 Å². The molecule has 0 aliphatic carbocycles. The van der Waals surface area contributed by atoms with Gasteiger partial charge in [0.2, 0.25) is 0 Å². The number of nitrogens with zero attached hydrogens (tertiary/aromatic N) is 2. The van der Waals surface area contributed by atoms with Crippen molar-refractivity contribution < 1.29 is 9.84 Å². The average Bonchev–Trinajstić information content (AvgIpc) is 3.16. The molecular weight excluding hydrogens is 404 g/mol. The number of para-hydroxylation sites is 2. The summed E-state index contributed by atoms with van der Waals surface area (Å²) in [6.45, 7) is 1.81. The number of aromatic hydroxyl groups is 1. The van der Waals surface area contributed by atoms with Gasteiger partial charge in [-0.05, 0) is 57.9 Å². The predicted octanol–water partition coefficient (Wildman–Crippen LogP) is 5.19. The van der Waals surface area contributed by atoms with E-state index in [0.717, 1.165) is 18.7 Å². The van der Waals surface area contributed by atoms with Crippen molar-refractivity contribution in [3.8, 4) is 11.5 Å². The maximum atomic E-state index is 10.2. The van der Waals surface area contributed by atoms with Crippen molar-refractivity contribution in [2.75, 3.05) is 30.0 Å². The van der Waals surface area contributed by atoms with E-state index in [2.05, 4.69) is 74.3 Å². The topological polar surface area (TPSA) is 35.9 Å². The second-order valence-corrected chi connectivity index (χ2v) is 7.34. The summed E-state index contributed by atoms with van der Waals surface area (Å²) < 4.78 is 6.02. The Morgan fingerprint density at radius 2 is 1.41 bits per heavy atom. The van der Waals surface area contributed by atoms with Gasteiger partial charge in [-0.25, -0.2) is 0 Å². The quantitative estimate of drug-likeness (QED) is 0.624. The summed E-state index contributed by atoms with van der Waals surface area (Å²) in [5.41, 5.74) is 3.40. The first-order valence-electron chi connectivity index (χ1n) is 8.89. The Kier molecular flexibility index (Phi) is 4.94. The Bertz CT molecular complexity index is 871. The van der Waals surface area contributed by atoms with Crippen LogP contribution in [0.25, 0.3) is 0 Å². The third-order valence-electron chi connectivity index (χ3n) is 4.92. The molecule has 1 fully saturated rings. The molecule has 4 rings (SSSR count). The van der Waals surface area contributed by atoms with Gasteiger partial charge in [0.15, 0.2) is 11.5 Å². The highest BCUT2D eigenvalue weighted by molar-refractivity contribution is 9.10. The molecular formula is C22H21BrN2O2. The first kappa shape index (κ1) is 17.7. The minimum atomic E-state index is 0.000556. The maximum Gasteiger partial charge on any atom is 0.172 e. The highest BCUT2D eigenvalue weighted by Gasteiger charge is 2.34. The zero-order valence-corrected chi connectivity index (χ0v) is 16.6. The summed E-state index contributed by atoms with van der Waals surface area (Å²) in [5.74, 6) is 0.587. The average molecular weight is 425 g/mol. The van der Waals surface area contributed by atoms with Gasteiger partial charge in [0.25, 0.3) is 0 Å². The van der Waals surface area contributed by atoms with Gasteiger partial charge < -0.3 is 19.6 Å². The van der Waals surface area contributed by atoms with Crippen LogP contribution in [0.1, 0.15) is 11.7 Å². The van der Waals surface area contributed by atoms with E-state index in [1.807, 2.05) is 24.3 Å². The summed E-state index contributed by atoms with van der Waals surface area (Å²) in [5, 5.41) is 10.2. The van der Waals surface area contributed by atoms with Crippen LogP contribution in [0.4, 0.5) is 11.4 Å². The minimum Gasteiger partial charge on any atom is -0.503 e. The fourth-order valence-corrected chi connectivity index (χ4v) is 4.13. The number of benzene rings is 3. The van der Waals surface area contributed by atoms with Crippen LogP contribution < -0.4 is 14.5 Å². The van der Waals surface area contributed by atoms with Gasteiger partial charge in [-0.2, -0.15) is 0 Å². The molecule has 0 spiro atoms. The van der Waals surface area contributed by atoms with E-state index in [0.29, 0.717) is 10.2 Å². The van der Waals surface area contributed by atoms with Crippen molar-refractivity contribution in [1.82, 2.24) is 0 Å². The lowest BCUT2D eigenvalue weighted by atomic mass is 10.1. The number of halogens is 1. The van der Waals surface area contributed by atoms with Crippen LogP contribution in [0.15, 0.2) is 77.3 Å². The summed E-state index contributed by atoms with van der Waals surface area (Å²) in [6, 6.07) is 24.7. The second kappa shape index (κ2) is 7.53. The Morgan fingerprint density at radius 3 is 1.89 bits per heavy atom. The third-order valence-corrected chi connectivity index (χ3v) is 5.52. The number of rotatable bonds is 4. The van der Waals surface area contributed by atoms with Gasteiger partial charge in [0.1, 0.15) is 6.17 Å². The highest BCUT2D eigenvalue weighted by Crippen LogP contribution is 2.42. The second-order valence-electron chi connectivity index (χ2n) is 6.49. The molecule has 4 nitrogen and oxygen atoms in total. The molecule has 0 aromatic heterocycles. The lowest BCUT2D eigenvalue weighted by Gasteiger charge is -2.33. The molecule has 0 radical (unpaired) electrons. The van der Waals surface area contributed by atoms with E-state index in [1.54, 1.807) is 7.11 Å². The molecule has 0 saturated carbocycles. The van der Waals surface area contributed by atoms with Crippen molar-refractivity contribution in [3.05, 3.63) is 82.8 Å². The summed E-state index contributed by atoms with van der Waals surface area (Å²) in [6.07, 6.45) is 0.000556. The van der Waals surface area contributed by atoms with Gasteiger partial charge >= 0.3 is 0 Å². The monoisotopic (exact) mass is 424 g/mol. The van der Waals surface area contributed by atoms with E-state index < -0.39 is 0 Å². The molecule has 1 aliphatic heterocycles.